The minimum atomic E-state index is -1.01. The molecule has 42 heavy (non-hydrogen) atoms. The van der Waals surface area contributed by atoms with Gasteiger partial charge in [-0.1, -0.05) is 36.4 Å². The number of carboxylic acids is 1. The number of carbonyl (C=O) groups is 2. The maximum atomic E-state index is 13.2. The van der Waals surface area contributed by atoms with Gasteiger partial charge in [0.25, 0.3) is 0 Å². The van der Waals surface area contributed by atoms with Crippen LogP contribution in [0.2, 0.25) is 0 Å². The predicted octanol–water partition coefficient (Wildman–Crippen LogP) is 5.58. The summed E-state index contributed by atoms with van der Waals surface area (Å²) in [7, 11) is 0. The Bertz CT molecular complexity index is 1510. The molecule has 0 saturated heterocycles. The lowest BCUT2D eigenvalue weighted by Gasteiger charge is -2.33. The molecular weight excluding hydrogens is 534 g/mol. The van der Waals surface area contributed by atoms with Gasteiger partial charge in [0.2, 0.25) is 0 Å². The van der Waals surface area contributed by atoms with Crippen molar-refractivity contribution in [3.8, 4) is 5.75 Å². The predicted molar refractivity (Wildman–Crippen MR) is 163 cm³/mol. The summed E-state index contributed by atoms with van der Waals surface area (Å²) < 4.78 is 13.1. The molecule has 0 aliphatic rings. The smallest absolute Gasteiger partial charge is 0.410 e. The number of carboxylic acid groups (broad SMARTS) is 1. The van der Waals surface area contributed by atoms with E-state index in [2.05, 4.69) is 0 Å². The van der Waals surface area contributed by atoms with E-state index in [1.807, 2.05) is 55.5 Å². The van der Waals surface area contributed by atoms with Crippen LogP contribution in [0.5, 0.6) is 5.75 Å². The van der Waals surface area contributed by atoms with Gasteiger partial charge in [-0.2, -0.15) is 0 Å². The molecule has 1 heterocycles. The van der Waals surface area contributed by atoms with Gasteiger partial charge in [0.1, 0.15) is 29.8 Å². The van der Waals surface area contributed by atoms with Crippen molar-refractivity contribution in [2.24, 2.45) is 0 Å². The van der Waals surface area contributed by atoms with Crippen LogP contribution in [0.15, 0.2) is 78.9 Å². The number of nitrogens with two attached hydrogens (primary N) is 1. The third-order valence-corrected chi connectivity index (χ3v) is 6.79. The van der Waals surface area contributed by atoms with Crippen molar-refractivity contribution in [2.75, 3.05) is 18.9 Å². The highest BCUT2D eigenvalue weighted by atomic mass is 16.6. The van der Waals surface area contributed by atoms with E-state index in [9.17, 15) is 19.8 Å². The van der Waals surface area contributed by atoms with Crippen molar-refractivity contribution in [3.05, 3.63) is 95.7 Å². The topological polar surface area (TPSA) is 127 Å². The van der Waals surface area contributed by atoms with Crippen LogP contribution in [0.4, 0.5) is 10.5 Å². The zero-order valence-corrected chi connectivity index (χ0v) is 24.5. The van der Waals surface area contributed by atoms with Crippen molar-refractivity contribution >= 4 is 28.7 Å². The molecule has 9 nitrogen and oxygen atoms in total. The van der Waals surface area contributed by atoms with E-state index in [4.69, 9.17) is 15.2 Å². The molecule has 0 aliphatic carbocycles. The van der Waals surface area contributed by atoms with Crippen molar-refractivity contribution in [1.29, 1.82) is 0 Å². The number of aliphatic hydroxyl groups is 1. The molecule has 0 bridgehead atoms. The first-order valence-corrected chi connectivity index (χ1v) is 13.9. The molecule has 1 aromatic heterocycles. The summed E-state index contributed by atoms with van der Waals surface area (Å²) in [6, 6.07) is 23.6. The maximum absolute atomic E-state index is 13.2. The Kier molecular flexibility index (Phi) is 9.42. The van der Waals surface area contributed by atoms with Crippen molar-refractivity contribution in [3.63, 3.8) is 0 Å². The standard InChI is InChI=1S/C33H39N3O6/c1-22(35(32(40)42-33(2,3)4)20-27(37)21-41-28-8-6-5-7-9-28)16-24-12-15-29-25(17-24)18-30(31(38)39)36(29)19-23-10-13-26(34)14-11-23/h5-15,17-18,22,27,37H,16,19-21,34H2,1-4H3,(H,38,39). The fourth-order valence-corrected chi connectivity index (χ4v) is 4.80. The SMILES string of the molecule is CC(Cc1ccc2c(c1)cc(C(=O)O)n2Cc1ccc(N)cc1)N(CC(O)COc1ccccc1)C(=O)OC(C)(C)C. The fraction of sp³-hybridized carbons (Fsp3) is 0.333. The third kappa shape index (κ3) is 8.04. The molecular formula is C33H39N3O6. The summed E-state index contributed by atoms with van der Waals surface area (Å²) in [5, 5.41) is 21.4. The number of aliphatic hydroxyl groups excluding tert-OH is 1. The lowest BCUT2D eigenvalue weighted by Crippen LogP contribution is -2.47. The number of hydrogen-bond acceptors (Lipinski definition) is 6. The number of nitrogen functional groups attached to an aromatic ring is 1. The Balaban J connectivity index is 1.53. The Morgan fingerprint density at radius 1 is 0.976 bits per heavy atom. The molecule has 0 radical (unpaired) electrons. The Morgan fingerprint density at radius 3 is 2.29 bits per heavy atom. The molecule has 9 heteroatoms. The summed E-state index contributed by atoms with van der Waals surface area (Å²) in [5.41, 5.74) is 8.57. The number of nitrogens with zero attached hydrogens (tertiary/aromatic N) is 2. The van der Waals surface area contributed by atoms with E-state index in [0.717, 1.165) is 22.0 Å². The number of anilines is 1. The highest BCUT2D eigenvalue weighted by Crippen LogP contribution is 2.25. The van der Waals surface area contributed by atoms with E-state index < -0.39 is 23.8 Å². The quantitative estimate of drug-likeness (QED) is 0.200. The number of rotatable bonds is 11. The monoisotopic (exact) mass is 573 g/mol. The van der Waals surface area contributed by atoms with Gasteiger partial charge in [-0.25, -0.2) is 9.59 Å². The van der Waals surface area contributed by atoms with Crippen LogP contribution in [-0.2, 0) is 17.7 Å². The number of aromatic carboxylic acids is 1. The average Bonchev–Trinajstić information content (AvgIpc) is 3.29. The third-order valence-electron chi connectivity index (χ3n) is 6.79. The van der Waals surface area contributed by atoms with E-state index in [-0.39, 0.29) is 24.9 Å². The number of amides is 1. The van der Waals surface area contributed by atoms with Crippen LogP contribution in [0.1, 0.15) is 49.3 Å². The van der Waals surface area contributed by atoms with Crippen LogP contribution in [0.25, 0.3) is 10.9 Å². The second-order valence-electron chi connectivity index (χ2n) is 11.5. The van der Waals surface area contributed by atoms with Gasteiger partial charge < -0.3 is 34.9 Å². The number of para-hydroxylation sites is 1. The fourth-order valence-electron chi connectivity index (χ4n) is 4.80. The molecule has 0 saturated carbocycles. The average molecular weight is 574 g/mol. The van der Waals surface area contributed by atoms with Crippen molar-refractivity contribution in [1.82, 2.24) is 9.47 Å². The first kappa shape index (κ1) is 30.5. The maximum Gasteiger partial charge on any atom is 0.410 e. The van der Waals surface area contributed by atoms with Crippen LogP contribution in [-0.4, -0.2) is 62.6 Å². The van der Waals surface area contributed by atoms with Gasteiger partial charge in [-0.05, 0) is 87.7 Å². The number of benzene rings is 3. The zero-order chi connectivity index (χ0) is 30.4. The Hall–Kier alpha value is -4.50. The summed E-state index contributed by atoms with van der Waals surface area (Å²) >= 11 is 0. The summed E-state index contributed by atoms with van der Waals surface area (Å²) in [4.78, 5) is 26.8. The lowest BCUT2D eigenvalue weighted by molar-refractivity contribution is 0.0000849. The van der Waals surface area contributed by atoms with Gasteiger partial charge in [-0.15, -0.1) is 0 Å². The Morgan fingerprint density at radius 2 is 1.64 bits per heavy atom. The Labute approximate surface area is 246 Å². The normalized spacial score (nSPS) is 13.0. The molecule has 2 unspecified atom stereocenters. The summed E-state index contributed by atoms with van der Waals surface area (Å²) in [5.74, 6) is -0.384. The first-order chi connectivity index (χ1) is 19.9. The number of aromatic nitrogens is 1. The largest absolute Gasteiger partial charge is 0.491 e. The van der Waals surface area contributed by atoms with E-state index in [0.29, 0.717) is 24.4 Å². The van der Waals surface area contributed by atoms with Crippen molar-refractivity contribution in [2.45, 2.75) is 58.4 Å². The van der Waals surface area contributed by atoms with E-state index in [1.165, 1.54) is 4.90 Å². The molecule has 4 rings (SSSR count). The lowest BCUT2D eigenvalue weighted by atomic mass is 10.0. The molecule has 2 atom stereocenters. The first-order valence-electron chi connectivity index (χ1n) is 13.9. The molecule has 3 aromatic carbocycles. The van der Waals surface area contributed by atoms with Gasteiger partial charge >= 0.3 is 12.1 Å². The van der Waals surface area contributed by atoms with E-state index in [1.54, 1.807) is 55.7 Å². The second-order valence-corrected chi connectivity index (χ2v) is 11.5. The molecule has 222 valence electrons. The van der Waals surface area contributed by atoms with Gasteiger partial charge in [0.05, 0.1) is 6.54 Å². The molecule has 0 spiro atoms. The van der Waals surface area contributed by atoms with Crippen LogP contribution >= 0.6 is 0 Å². The second kappa shape index (κ2) is 13.0. The van der Waals surface area contributed by atoms with Crippen molar-refractivity contribution < 1.29 is 29.3 Å². The molecule has 4 N–H and O–H groups in total. The molecule has 4 aromatic rings. The minimum Gasteiger partial charge on any atom is -0.491 e. The van der Waals surface area contributed by atoms with Crippen LogP contribution in [0.3, 0.4) is 0 Å². The van der Waals surface area contributed by atoms with E-state index >= 15 is 0 Å². The van der Waals surface area contributed by atoms with Gasteiger partial charge in [-0.3, -0.25) is 0 Å². The minimum absolute atomic E-state index is 0.0154. The number of hydrogen-bond donors (Lipinski definition) is 3. The van der Waals surface area contributed by atoms with Gasteiger partial charge in [0, 0.05) is 29.2 Å². The van der Waals surface area contributed by atoms with Crippen LogP contribution < -0.4 is 10.5 Å². The highest BCUT2D eigenvalue weighted by molar-refractivity contribution is 5.95. The molecule has 0 aliphatic heterocycles. The number of carbonyl (C=O) groups excluding carboxylic acids is 1. The molecule has 0 fully saturated rings. The number of fused-ring (bicyclic) bond motifs is 1. The van der Waals surface area contributed by atoms with Crippen LogP contribution in [0, 0.1) is 0 Å². The zero-order valence-electron chi connectivity index (χ0n) is 24.5. The highest BCUT2D eigenvalue weighted by Gasteiger charge is 2.28. The molecule has 1 amide bonds. The summed E-state index contributed by atoms with van der Waals surface area (Å²) in [6.07, 6.45) is -1.01. The number of ether oxygens (including phenoxy) is 2. The van der Waals surface area contributed by atoms with Gasteiger partial charge in [0.15, 0.2) is 0 Å². The summed E-state index contributed by atoms with van der Waals surface area (Å²) in [6.45, 7) is 7.71.